The Morgan fingerprint density at radius 2 is 1.73 bits per heavy atom. The fraction of sp³-hybridized carbons (Fsp3) is 1.00. The van der Waals surface area contributed by atoms with Crippen LogP contribution in [0.5, 0.6) is 0 Å². The first-order chi connectivity index (χ1) is 5.81. The molecule has 0 aromatic carbocycles. The van der Waals surface area contributed by atoms with Gasteiger partial charge < -0.3 is 0 Å². The fourth-order valence-corrected chi connectivity index (χ4v) is 2.29. The van der Waals surface area contributed by atoms with Crippen molar-refractivity contribution in [1.82, 2.24) is 10.9 Å². The van der Waals surface area contributed by atoms with Crippen molar-refractivity contribution in [1.29, 1.82) is 0 Å². The lowest BCUT2D eigenvalue weighted by molar-refractivity contribution is 0.156. The first kappa shape index (κ1) is 6.44. The standard InChI is InChI=1S/C9H18N2/c1-2-5-9(6-3-1)7-4-8-10-11-9/h10-11H,1-8H2/i8D. The molecule has 64 valence electrons. The molecule has 2 heteroatoms. The van der Waals surface area contributed by atoms with Crippen molar-refractivity contribution < 1.29 is 1.37 Å². The Kier molecular flexibility index (Phi) is 1.82. The predicted molar refractivity (Wildman–Crippen MR) is 46.2 cm³/mol. The summed E-state index contributed by atoms with van der Waals surface area (Å²) in [4.78, 5) is 0. The smallest absolute Gasteiger partial charge is 0.0443 e. The maximum atomic E-state index is 7.50. The summed E-state index contributed by atoms with van der Waals surface area (Å²) < 4.78 is 7.50. The molecule has 0 aromatic heterocycles. The molecule has 2 N–H and O–H groups in total. The van der Waals surface area contributed by atoms with Gasteiger partial charge in [-0.25, -0.2) is 0 Å². The molecule has 0 radical (unpaired) electrons. The molecule has 2 rings (SSSR count). The van der Waals surface area contributed by atoms with E-state index in [4.69, 9.17) is 1.37 Å². The second-order valence-electron chi connectivity index (χ2n) is 3.85. The molecule has 1 unspecified atom stereocenters. The maximum absolute atomic E-state index is 7.50. The van der Waals surface area contributed by atoms with Crippen LogP contribution in [-0.4, -0.2) is 12.1 Å². The molecule has 2 aliphatic rings. The molecule has 1 atom stereocenters. The Labute approximate surface area is 70.1 Å². The van der Waals surface area contributed by atoms with Crippen LogP contribution in [-0.2, 0) is 0 Å². The maximum Gasteiger partial charge on any atom is 0.0443 e. The van der Waals surface area contributed by atoms with Gasteiger partial charge in [-0.1, -0.05) is 19.3 Å². The third-order valence-corrected chi connectivity index (χ3v) is 3.02. The van der Waals surface area contributed by atoms with E-state index in [0.717, 1.165) is 6.42 Å². The molecule has 1 aliphatic heterocycles. The molecule has 1 heterocycles. The molecule has 1 aliphatic carbocycles. The first-order valence-electron chi connectivity index (χ1n) is 5.33. The molecular formula is C9H18N2. The molecule has 0 amide bonds. The second-order valence-corrected chi connectivity index (χ2v) is 3.85. The molecule has 11 heavy (non-hydrogen) atoms. The highest BCUT2D eigenvalue weighted by atomic mass is 15.4. The van der Waals surface area contributed by atoms with Gasteiger partial charge in [-0.2, -0.15) is 0 Å². The highest BCUT2D eigenvalue weighted by Gasteiger charge is 2.32. The van der Waals surface area contributed by atoms with Crippen LogP contribution in [0, 0.1) is 0 Å². The Morgan fingerprint density at radius 3 is 2.36 bits per heavy atom. The van der Waals surface area contributed by atoms with Crippen molar-refractivity contribution in [2.24, 2.45) is 0 Å². The lowest BCUT2D eigenvalue weighted by Crippen LogP contribution is -2.57. The van der Waals surface area contributed by atoms with Gasteiger partial charge in [0.2, 0.25) is 0 Å². The first-order valence-corrected chi connectivity index (χ1v) is 4.76. The Morgan fingerprint density at radius 1 is 1.00 bits per heavy atom. The molecule has 1 spiro atoms. The largest absolute Gasteiger partial charge is 0.257 e. The van der Waals surface area contributed by atoms with Crippen LogP contribution in [0.15, 0.2) is 0 Å². The minimum absolute atomic E-state index is 0.0856. The SMILES string of the molecule is [2H]C1CCC2(CCCCC2)NN1. The van der Waals surface area contributed by atoms with E-state index in [9.17, 15) is 0 Å². The van der Waals surface area contributed by atoms with Crippen LogP contribution >= 0.6 is 0 Å². The van der Waals surface area contributed by atoms with Gasteiger partial charge in [0.25, 0.3) is 0 Å². The van der Waals surface area contributed by atoms with Crippen molar-refractivity contribution >= 4 is 0 Å². The normalized spacial score (nSPS) is 38.5. The average Bonchev–Trinajstić information content (AvgIpc) is 2.13. The number of rotatable bonds is 0. The van der Waals surface area contributed by atoms with Crippen molar-refractivity contribution in [3.63, 3.8) is 0 Å². The number of hydrogen-bond donors (Lipinski definition) is 2. The zero-order valence-electron chi connectivity index (χ0n) is 8.03. The fourth-order valence-electron chi connectivity index (χ4n) is 2.29. The Balaban J connectivity index is 1.92. The van der Waals surface area contributed by atoms with Crippen LogP contribution in [0.3, 0.4) is 0 Å². The highest BCUT2D eigenvalue weighted by Crippen LogP contribution is 2.32. The summed E-state index contributed by atoms with van der Waals surface area (Å²) in [6.45, 7) is -0.0856. The van der Waals surface area contributed by atoms with E-state index in [1.165, 1.54) is 38.5 Å². The Bertz CT molecular complexity index is 145. The van der Waals surface area contributed by atoms with Crippen molar-refractivity contribution in [3.05, 3.63) is 0 Å². The minimum Gasteiger partial charge on any atom is -0.257 e. The monoisotopic (exact) mass is 155 g/mol. The molecule has 1 saturated carbocycles. The number of nitrogens with one attached hydrogen (secondary N) is 2. The summed E-state index contributed by atoms with van der Waals surface area (Å²) in [6.07, 6.45) is 8.91. The topological polar surface area (TPSA) is 24.1 Å². The minimum atomic E-state index is -0.0856. The lowest BCUT2D eigenvalue weighted by atomic mass is 9.78. The summed E-state index contributed by atoms with van der Waals surface area (Å²) in [5.74, 6) is 0. The molecule has 2 nitrogen and oxygen atoms in total. The average molecular weight is 155 g/mol. The van der Waals surface area contributed by atoms with Crippen molar-refractivity contribution in [3.8, 4) is 0 Å². The van der Waals surface area contributed by atoms with Gasteiger partial charge in [0, 0.05) is 13.4 Å². The lowest BCUT2D eigenvalue weighted by Gasteiger charge is -2.41. The molecule has 0 aromatic rings. The highest BCUT2D eigenvalue weighted by molar-refractivity contribution is 4.91. The molecule has 1 saturated heterocycles. The third kappa shape index (κ3) is 1.57. The van der Waals surface area contributed by atoms with E-state index in [0.29, 0.717) is 5.54 Å². The summed E-state index contributed by atoms with van der Waals surface area (Å²) in [5, 5.41) is 0. The molecule has 0 bridgehead atoms. The van der Waals surface area contributed by atoms with Crippen LogP contribution < -0.4 is 10.9 Å². The van der Waals surface area contributed by atoms with Gasteiger partial charge in [0.15, 0.2) is 0 Å². The van der Waals surface area contributed by atoms with E-state index in [2.05, 4.69) is 10.9 Å². The van der Waals surface area contributed by atoms with E-state index in [-0.39, 0.29) is 6.52 Å². The van der Waals surface area contributed by atoms with Gasteiger partial charge in [-0.3, -0.25) is 10.9 Å². The van der Waals surface area contributed by atoms with Gasteiger partial charge in [0.1, 0.15) is 0 Å². The summed E-state index contributed by atoms with van der Waals surface area (Å²) in [6, 6.07) is 0. The zero-order chi connectivity index (χ0) is 8.44. The van der Waals surface area contributed by atoms with Crippen LogP contribution in [0.2, 0.25) is 0 Å². The predicted octanol–water partition coefficient (Wildman–Crippen LogP) is 1.58. The second kappa shape index (κ2) is 3.11. The quantitative estimate of drug-likeness (QED) is 0.555. The molecular weight excluding hydrogens is 136 g/mol. The van der Waals surface area contributed by atoms with Gasteiger partial charge in [-0.05, 0) is 25.7 Å². The van der Waals surface area contributed by atoms with Crippen LogP contribution in [0.1, 0.15) is 46.3 Å². The molecule has 2 fully saturated rings. The van der Waals surface area contributed by atoms with Gasteiger partial charge >= 0.3 is 0 Å². The van der Waals surface area contributed by atoms with Gasteiger partial charge in [0.05, 0.1) is 0 Å². The van der Waals surface area contributed by atoms with Crippen molar-refractivity contribution in [2.75, 3.05) is 6.52 Å². The van der Waals surface area contributed by atoms with Gasteiger partial charge in [-0.15, -0.1) is 0 Å². The Hall–Kier alpha value is -0.0800. The van der Waals surface area contributed by atoms with Crippen LogP contribution in [0.25, 0.3) is 0 Å². The zero-order valence-corrected chi connectivity index (χ0v) is 7.03. The number of hydrogen-bond acceptors (Lipinski definition) is 2. The van der Waals surface area contributed by atoms with E-state index in [1.807, 2.05) is 0 Å². The summed E-state index contributed by atoms with van der Waals surface area (Å²) >= 11 is 0. The van der Waals surface area contributed by atoms with E-state index in [1.54, 1.807) is 0 Å². The number of hydrazine groups is 1. The van der Waals surface area contributed by atoms with Crippen LogP contribution in [0.4, 0.5) is 0 Å². The van der Waals surface area contributed by atoms with E-state index < -0.39 is 0 Å². The summed E-state index contributed by atoms with van der Waals surface area (Å²) in [7, 11) is 0. The third-order valence-electron chi connectivity index (χ3n) is 3.02. The van der Waals surface area contributed by atoms with Crippen molar-refractivity contribution in [2.45, 2.75) is 50.5 Å². The van der Waals surface area contributed by atoms with E-state index >= 15 is 0 Å². The summed E-state index contributed by atoms with van der Waals surface area (Å²) in [5.41, 5.74) is 6.76.